The summed E-state index contributed by atoms with van der Waals surface area (Å²) < 4.78 is 5.58. The molecule has 3 aromatic rings. The van der Waals surface area contributed by atoms with E-state index >= 15 is 0 Å². The maximum absolute atomic E-state index is 12.6. The number of carbonyl (C=O) groups is 1. The number of hydrogen-bond donors (Lipinski definition) is 1. The molecule has 2 saturated heterocycles. The molecule has 2 aliphatic heterocycles. The molecule has 2 unspecified atom stereocenters. The minimum Gasteiger partial charge on any atom is -0.388 e. The van der Waals surface area contributed by atoms with Crippen LogP contribution in [0.1, 0.15) is 31.2 Å². The summed E-state index contributed by atoms with van der Waals surface area (Å²) in [5.74, 6) is 0.287. The van der Waals surface area contributed by atoms with Crippen LogP contribution in [0, 0.1) is 0 Å². The van der Waals surface area contributed by atoms with Crippen LogP contribution >= 0.6 is 23.1 Å². The van der Waals surface area contributed by atoms with Crippen molar-refractivity contribution in [1.82, 2.24) is 20.2 Å². The zero-order valence-corrected chi connectivity index (χ0v) is 18.4. The van der Waals surface area contributed by atoms with Gasteiger partial charge in [-0.25, -0.2) is 14.8 Å². The van der Waals surface area contributed by atoms with Crippen molar-refractivity contribution in [2.75, 3.05) is 6.26 Å². The van der Waals surface area contributed by atoms with E-state index in [9.17, 15) is 4.79 Å². The Morgan fingerprint density at radius 3 is 2.70 bits per heavy atom. The first-order chi connectivity index (χ1) is 14.7. The van der Waals surface area contributed by atoms with E-state index in [4.69, 9.17) is 4.74 Å². The van der Waals surface area contributed by atoms with Gasteiger partial charge in [0, 0.05) is 24.7 Å². The van der Waals surface area contributed by atoms with E-state index in [0.29, 0.717) is 17.1 Å². The lowest BCUT2D eigenvalue weighted by molar-refractivity contribution is 0.107. The smallest absolute Gasteiger partial charge is 0.388 e. The Labute approximate surface area is 184 Å². The molecule has 2 bridgehead atoms. The molecule has 2 aliphatic rings. The number of rotatable bonds is 5. The van der Waals surface area contributed by atoms with Gasteiger partial charge in [-0.1, -0.05) is 30.3 Å². The second-order valence-electron chi connectivity index (χ2n) is 7.89. The Hall–Kier alpha value is -2.16. The van der Waals surface area contributed by atoms with E-state index in [1.807, 2.05) is 17.7 Å². The van der Waals surface area contributed by atoms with Crippen molar-refractivity contribution >= 4 is 39.5 Å². The van der Waals surface area contributed by atoms with Crippen LogP contribution in [0.2, 0.25) is 0 Å². The molecule has 1 aromatic carbocycles. The Morgan fingerprint density at radius 2 is 1.97 bits per heavy atom. The average molecular weight is 441 g/mol. The first kappa shape index (κ1) is 19.8. The van der Waals surface area contributed by atoms with Gasteiger partial charge in [-0.05, 0) is 48.9 Å². The van der Waals surface area contributed by atoms with Gasteiger partial charge >= 0.3 is 6.09 Å². The fraction of sp³-hybridized carbons (Fsp3) is 0.409. The number of ether oxygens (including phenoxy) is 1. The number of piperidine rings is 1. The van der Waals surface area contributed by atoms with Crippen LogP contribution in [-0.2, 0) is 6.54 Å². The average Bonchev–Trinajstić information content (AvgIpc) is 3.29. The molecule has 1 amide bonds. The van der Waals surface area contributed by atoms with Crippen LogP contribution in [0.4, 0.5) is 4.79 Å². The summed E-state index contributed by atoms with van der Waals surface area (Å²) in [5.41, 5.74) is 2.11. The van der Waals surface area contributed by atoms with Crippen molar-refractivity contribution in [3.8, 4) is 5.88 Å². The van der Waals surface area contributed by atoms with Crippen molar-refractivity contribution in [3.63, 3.8) is 0 Å². The lowest BCUT2D eigenvalue weighted by atomic mass is 9.96. The van der Waals surface area contributed by atoms with Gasteiger partial charge in [-0.2, -0.15) is 0 Å². The van der Waals surface area contributed by atoms with Gasteiger partial charge in [-0.3, -0.25) is 4.90 Å². The SMILES string of the molecule is CSc1nc2sccc2nc1OC(=O)NC1CC2CCC(C1)N2Cc1ccccc1. The number of amides is 1. The van der Waals surface area contributed by atoms with Crippen molar-refractivity contribution in [2.45, 2.75) is 55.4 Å². The quantitative estimate of drug-likeness (QED) is 0.580. The number of thioether (sulfide) groups is 1. The fourth-order valence-corrected chi connectivity index (χ4v) is 5.89. The summed E-state index contributed by atoms with van der Waals surface area (Å²) in [6.45, 7) is 0.987. The van der Waals surface area contributed by atoms with Crippen molar-refractivity contribution in [1.29, 1.82) is 0 Å². The predicted octanol–water partition coefficient (Wildman–Crippen LogP) is 4.70. The zero-order valence-electron chi connectivity index (χ0n) is 16.8. The van der Waals surface area contributed by atoms with Crippen LogP contribution in [0.15, 0.2) is 46.8 Å². The molecule has 0 aliphatic carbocycles. The van der Waals surface area contributed by atoms with Crippen LogP contribution in [0.25, 0.3) is 10.3 Å². The predicted molar refractivity (Wildman–Crippen MR) is 120 cm³/mol. The highest BCUT2D eigenvalue weighted by Crippen LogP contribution is 2.37. The highest BCUT2D eigenvalue weighted by atomic mass is 32.2. The minimum absolute atomic E-state index is 0.137. The Bertz CT molecular complexity index is 1030. The number of nitrogens with one attached hydrogen (secondary N) is 1. The highest BCUT2D eigenvalue weighted by Gasteiger charge is 2.41. The molecule has 0 saturated carbocycles. The Balaban J connectivity index is 1.22. The molecular weight excluding hydrogens is 416 g/mol. The van der Waals surface area contributed by atoms with E-state index in [1.54, 1.807) is 0 Å². The monoisotopic (exact) mass is 440 g/mol. The zero-order chi connectivity index (χ0) is 20.5. The summed E-state index contributed by atoms with van der Waals surface area (Å²) in [6, 6.07) is 13.7. The topological polar surface area (TPSA) is 67.3 Å². The summed E-state index contributed by atoms with van der Waals surface area (Å²) in [7, 11) is 0. The first-order valence-corrected chi connectivity index (χ1v) is 12.4. The molecule has 156 valence electrons. The number of aromatic nitrogens is 2. The second kappa shape index (κ2) is 8.53. The van der Waals surface area contributed by atoms with E-state index < -0.39 is 6.09 Å². The molecule has 6 nitrogen and oxygen atoms in total. The van der Waals surface area contributed by atoms with E-state index in [2.05, 4.69) is 50.5 Å². The van der Waals surface area contributed by atoms with Crippen molar-refractivity contribution in [2.24, 2.45) is 0 Å². The molecule has 4 heterocycles. The van der Waals surface area contributed by atoms with Gasteiger partial charge in [0.1, 0.15) is 10.3 Å². The third kappa shape index (κ3) is 4.04. The lowest BCUT2D eigenvalue weighted by Gasteiger charge is -2.39. The van der Waals surface area contributed by atoms with Crippen LogP contribution < -0.4 is 10.1 Å². The second-order valence-corrected chi connectivity index (χ2v) is 9.58. The van der Waals surface area contributed by atoms with Gasteiger partial charge in [0.2, 0.25) is 0 Å². The summed E-state index contributed by atoms with van der Waals surface area (Å²) >= 11 is 2.97. The number of carbonyl (C=O) groups excluding carboxylic acids is 1. The molecule has 0 radical (unpaired) electrons. The van der Waals surface area contributed by atoms with E-state index in [-0.39, 0.29) is 11.9 Å². The number of benzene rings is 1. The first-order valence-electron chi connectivity index (χ1n) is 10.3. The summed E-state index contributed by atoms with van der Waals surface area (Å²) in [5, 5.41) is 5.66. The molecule has 2 aromatic heterocycles. The number of fused-ring (bicyclic) bond motifs is 3. The molecule has 1 N–H and O–H groups in total. The van der Waals surface area contributed by atoms with Gasteiger partial charge in [0.25, 0.3) is 5.88 Å². The third-order valence-electron chi connectivity index (χ3n) is 6.03. The van der Waals surface area contributed by atoms with E-state index in [0.717, 1.165) is 29.7 Å². The van der Waals surface area contributed by atoms with Gasteiger partial charge in [0.15, 0.2) is 5.03 Å². The fourth-order valence-electron chi connectivity index (χ4n) is 4.69. The Kier molecular flexibility index (Phi) is 5.62. The van der Waals surface area contributed by atoms with Crippen LogP contribution in [0.3, 0.4) is 0 Å². The number of hydrogen-bond acceptors (Lipinski definition) is 7. The molecule has 30 heavy (non-hydrogen) atoms. The third-order valence-corrected chi connectivity index (χ3v) is 7.48. The van der Waals surface area contributed by atoms with E-state index in [1.165, 1.54) is 41.5 Å². The van der Waals surface area contributed by atoms with Crippen LogP contribution in [0.5, 0.6) is 5.88 Å². The van der Waals surface area contributed by atoms with Gasteiger partial charge in [-0.15, -0.1) is 23.1 Å². The summed E-state index contributed by atoms with van der Waals surface area (Å²) in [6.07, 6.45) is 5.79. The Morgan fingerprint density at radius 1 is 1.20 bits per heavy atom. The molecule has 8 heteroatoms. The largest absolute Gasteiger partial charge is 0.414 e. The molecule has 0 spiro atoms. The molecular formula is C22H24N4O2S2. The van der Waals surface area contributed by atoms with Crippen molar-refractivity contribution in [3.05, 3.63) is 47.3 Å². The minimum atomic E-state index is -0.435. The van der Waals surface area contributed by atoms with Gasteiger partial charge < -0.3 is 10.1 Å². The van der Waals surface area contributed by atoms with Crippen LogP contribution in [-0.4, -0.2) is 45.3 Å². The normalized spacial score (nSPS) is 23.6. The number of nitrogens with zero attached hydrogens (tertiary/aromatic N) is 3. The molecule has 5 rings (SSSR count). The molecule has 2 atom stereocenters. The number of thiophene rings is 1. The van der Waals surface area contributed by atoms with Crippen molar-refractivity contribution < 1.29 is 9.53 Å². The molecule has 2 fully saturated rings. The lowest BCUT2D eigenvalue weighted by Crippen LogP contribution is -2.50. The maximum atomic E-state index is 12.6. The standard InChI is InChI=1S/C22H24N4O2S2/c1-29-21-19(24-18-9-10-30-20(18)25-21)28-22(27)23-15-11-16-7-8-17(12-15)26(16)13-14-5-3-2-4-6-14/h2-6,9-10,15-17H,7-8,11-13H2,1H3,(H,23,27). The summed E-state index contributed by atoms with van der Waals surface area (Å²) in [4.78, 5) is 25.1. The highest BCUT2D eigenvalue weighted by molar-refractivity contribution is 7.98. The maximum Gasteiger partial charge on any atom is 0.414 e. The van der Waals surface area contributed by atoms with Gasteiger partial charge in [0.05, 0.1) is 0 Å².